The number of nitrogens with zero attached hydrogens (tertiary/aromatic N) is 3. The molecular weight excluding hydrogens is 276 g/mol. The average molecular weight is 304 g/mol. The van der Waals surface area contributed by atoms with Gasteiger partial charge in [-0.2, -0.15) is 5.10 Å². The first-order valence-electron chi connectivity index (χ1n) is 8.57. The van der Waals surface area contributed by atoms with Gasteiger partial charge in [-0.15, -0.1) is 0 Å². The second kappa shape index (κ2) is 6.41. The number of amides is 1. The van der Waals surface area contributed by atoms with Crippen molar-refractivity contribution in [2.45, 2.75) is 45.1 Å². The summed E-state index contributed by atoms with van der Waals surface area (Å²) >= 11 is 0. The molecule has 2 saturated heterocycles. The molecule has 122 valence electrons. The number of likely N-dealkylation sites (tertiary alicyclic amines) is 1. The maximum Gasteiger partial charge on any atom is 0.227 e. The summed E-state index contributed by atoms with van der Waals surface area (Å²) in [5.41, 5.74) is 1.18. The molecule has 0 spiro atoms. The molecule has 2 aliphatic rings. The van der Waals surface area contributed by atoms with Crippen LogP contribution in [0, 0.1) is 11.8 Å². The molecule has 1 aromatic rings. The number of rotatable bonds is 3. The Kier molecular flexibility index (Phi) is 4.52. The molecule has 3 atom stereocenters. The van der Waals surface area contributed by atoms with E-state index in [-0.39, 0.29) is 11.8 Å². The number of nitrogens with one attached hydrogen (secondary N) is 1. The standard InChI is InChI=1S/C17H28N4O/c1-12(2)16-6-4-5-7-21(16)17(22)15-10-18-9-14(15)13-8-19-20(3)11-13/h8,11-12,14-16,18H,4-7,9-10H2,1-3H3/t14-,15+,16?/m1/s1. The minimum absolute atomic E-state index is 0.0588. The third-order valence-electron chi connectivity index (χ3n) is 5.29. The quantitative estimate of drug-likeness (QED) is 0.926. The Balaban J connectivity index is 1.77. The number of carbonyl (C=O) groups is 1. The highest BCUT2D eigenvalue weighted by molar-refractivity contribution is 5.81. The second-order valence-corrected chi connectivity index (χ2v) is 7.16. The van der Waals surface area contributed by atoms with Crippen LogP contribution < -0.4 is 5.32 Å². The molecule has 22 heavy (non-hydrogen) atoms. The summed E-state index contributed by atoms with van der Waals surface area (Å²) in [7, 11) is 1.93. The predicted molar refractivity (Wildman–Crippen MR) is 86.5 cm³/mol. The summed E-state index contributed by atoms with van der Waals surface area (Å²) < 4.78 is 1.83. The molecule has 5 nitrogen and oxygen atoms in total. The van der Waals surface area contributed by atoms with Crippen molar-refractivity contribution in [2.24, 2.45) is 18.9 Å². The molecule has 1 aromatic heterocycles. The third-order valence-corrected chi connectivity index (χ3v) is 5.29. The molecule has 3 rings (SSSR count). The fourth-order valence-corrected chi connectivity index (χ4v) is 4.06. The van der Waals surface area contributed by atoms with Gasteiger partial charge in [0.25, 0.3) is 0 Å². The van der Waals surface area contributed by atoms with Crippen LogP contribution in [0.15, 0.2) is 12.4 Å². The first-order chi connectivity index (χ1) is 10.6. The van der Waals surface area contributed by atoms with Crippen molar-refractivity contribution in [3.8, 4) is 0 Å². The van der Waals surface area contributed by atoms with Crippen LogP contribution in [0.1, 0.15) is 44.6 Å². The molecule has 0 aromatic carbocycles. The monoisotopic (exact) mass is 304 g/mol. The maximum atomic E-state index is 13.2. The van der Waals surface area contributed by atoms with Crippen molar-refractivity contribution in [3.05, 3.63) is 18.0 Å². The summed E-state index contributed by atoms with van der Waals surface area (Å²) in [6.45, 7) is 7.07. The normalized spacial score (nSPS) is 29.3. The summed E-state index contributed by atoms with van der Waals surface area (Å²) in [6.07, 6.45) is 7.51. The van der Waals surface area contributed by atoms with E-state index in [1.165, 1.54) is 12.0 Å². The van der Waals surface area contributed by atoms with E-state index in [0.717, 1.165) is 32.5 Å². The van der Waals surface area contributed by atoms with E-state index >= 15 is 0 Å². The number of carbonyl (C=O) groups excluding carboxylic acids is 1. The first kappa shape index (κ1) is 15.5. The summed E-state index contributed by atoms with van der Waals surface area (Å²) in [4.78, 5) is 15.3. The molecule has 2 aliphatic heterocycles. The van der Waals surface area contributed by atoms with Gasteiger partial charge in [0, 0.05) is 44.8 Å². The molecule has 0 bridgehead atoms. The van der Waals surface area contributed by atoms with Crippen LogP contribution >= 0.6 is 0 Å². The van der Waals surface area contributed by atoms with E-state index in [0.29, 0.717) is 17.9 Å². The van der Waals surface area contributed by atoms with Crippen LogP contribution in [-0.4, -0.2) is 46.3 Å². The van der Waals surface area contributed by atoms with Gasteiger partial charge < -0.3 is 10.2 Å². The van der Waals surface area contributed by atoms with Crippen LogP contribution in [0.4, 0.5) is 0 Å². The van der Waals surface area contributed by atoms with Crippen molar-refractivity contribution in [3.63, 3.8) is 0 Å². The summed E-state index contributed by atoms with van der Waals surface area (Å²) in [5.74, 6) is 1.20. The molecule has 1 unspecified atom stereocenters. The molecule has 5 heteroatoms. The van der Waals surface area contributed by atoms with Gasteiger partial charge in [-0.05, 0) is 30.7 Å². The Morgan fingerprint density at radius 1 is 1.36 bits per heavy atom. The lowest BCUT2D eigenvalue weighted by atomic mass is 9.86. The van der Waals surface area contributed by atoms with E-state index in [2.05, 4.69) is 29.2 Å². The smallest absolute Gasteiger partial charge is 0.227 e. The molecule has 0 saturated carbocycles. The fourth-order valence-electron chi connectivity index (χ4n) is 4.06. The highest BCUT2D eigenvalue weighted by atomic mass is 16.2. The van der Waals surface area contributed by atoms with Gasteiger partial charge in [-0.3, -0.25) is 9.48 Å². The van der Waals surface area contributed by atoms with E-state index in [9.17, 15) is 4.79 Å². The van der Waals surface area contributed by atoms with Crippen LogP contribution in [0.5, 0.6) is 0 Å². The Labute approximate surface area is 133 Å². The second-order valence-electron chi connectivity index (χ2n) is 7.16. The lowest BCUT2D eigenvalue weighted by Crippen LogP contribution is -2.49. The molecular formula is C17H28N4O. The van der Waals surface area contributed by atoms with Crippen LogP contribution in [0.2, 0.25) is 0 Å². The zero-order valence-electron chi connectivity index (χ0n) is 14.0. The number of hydrogen-bond acceptors (Lipinski definition) is 3. The minimum Gasteiger partial charge on any atom is -0.339 e. The molecule has 3 heterocycles. The topological polar surface area (TPSA) is 50.2 Å². The van der Waals surface area contributed by atoms with E-state index in [4.69, 9.17) is 0 Å². The summed E-state index contributed by atoms with van der Waals surface area (Å²) in [5, 5.41) is 7.68. The van der Waals surface area contributed by atoms with Crippen LogP contribution in [0.25, 0.3) is 0 Å². The lowest BCUT2D eigenvalue weighted by Gasteiger charge is -2.40. The van der Waals surface area contributed by atoms with Crippen molar-refractivity contribution in [1.82, 2.24) is 20.0 Å². The number of aromatic nitrogens is 2. The highest BCUT2D eigenvalue weighted by Gasteiger charge is 2.40. The third kappa shape index (κ3) is 2.91. The number of piperidine rings is 1. The van der Waals surface area contributed by atoms with Gasteiger partial charge in [-0.25, -0.2) is 0 Å². The SMILES string of the molecule is CC(C)C1CCCCN1C(=O)[C@H]1CNC[C@@H]1c1cnn(C)c1. The van der Waals surface area contributed by atoms with Crippen molar-refractivity contribution in [1.29, 1.82) is 0 Å². The van der Waals surface area contributed by atoms with Crippen LogP contribution in [-0.2, 0) is 11.8 Å². The van der Waals surface area contributed by atoms with Gasteiger partial charge in [0.1, 0.15) is 0 Å². The van der Waals surface area contributed by atoms with Gasteiger partial charge in [-0.1, -0.05) is 13.8 Å². The predicted octanol–water partition coefficient (Wildman–Crippen LogP) is 1.76. The molecule has 0 radical (unpaired) electrons. The van der Waals surface area contributed by atoms with E-state index in [1.807, 2.05) is 24.1 Å². The largest absolute Gasteiger partial charge is 0.339 e. The Morgan fingerprint density at radius 3 is 2.86 bits per heavy atom. The number of hydrogen-bond donors (Lipinski definition) is 1. The zero-order valence-corrected chi connectivity index (χ0v) is 14.0. The molecule has 2 fully saturated rings. The summed E-state index contributed by atoms with van der Waals surface area (Å²) in [6, 6.07) is 0.413. The molecule has 1 amide bonds. The van der Waals surface area contributed by atoms with Gasteiger partial charge in [0.2, 0.25) is 5.91 Å². The van der Waals surface area contributed by atoms with Crippen LogP contribution in [0.3, 0.4) is 0 Å². The Morgan fingerprint density at radius 2 is 2.18 bits per heavy atom. The van der Waals surface area contributed by atoms with Crippen molar-refractivity contribution < 1.29 is 4.79 Å². The van der Waals surface area contributed by atoms with Gasteiger partial charge in [0.15, 0.2) is 0 Å². The average Bonchev–Trinajstić information content (AvgIpc) is 3.14. The Hall–Kier alpha value is -1.36. The minimum atomic E-state index is 0.0588. The Bertz CT molecular complexity index is 524. The zero-order chi connectivity index (χ0) is 15.7. The first-order valence-corrected chi connectivity index (χ1v) is 8.57. The maximum absolute atomic E-state index is 13.2. The van der Waals surface area contributed by atoms with E-state index < -0.39 is 0 Å². The number of aryl methyl sites for hydroxylation is 1. The highest BCUT2D eigenvalue weighted by Crippen LogP contribution is 2.32. The van der Waals surface area contributed by atoms with Gasteiger partial charge >= 0.3 is 0 Å². The fraction of sp³-hybridized carbons (Fsp3) is 0.765. The van der Waals surface area contributed by atoms with E-state index in [1.54, 1.807) is 0 Å². The van der Waals surface area contributed by atoms with Gasteiger partial charge in [0.05, 0.1) is 12.1 Å². The molecule has 1 N–H and O–H groups in total. The lowest BCUT2D eigenvalue weighted by molar-refractivity contribution is -0.140. The van der Waals surface area contributed by atoms with Crippen molar-refractivity contribution >= 4 is 5.91 Å². The van der Waals surface area contributed by atoms with Crippen molar-refractivity contribution in [2.75, 3.05) is 19.6 Å². The molecule has 0 aliphatic carbocycles.